The molecule has 2 aromatic carbocycles. The minimum Gasteiger partial charge on any atom is -0.493 e. The summed E-state index contributed by atoms with van der Waals surface area (Å²) in [5.74, 6) is 1.90. The van der Waals surface area contributed by atoms with Gasteiger partial charge in [0.2, 0.25) is 0 Å². The van der Waals surface area contributed by atoms with E-state index in [1.807, 2.05) is 6.92 Å². The molecule has 0 unspecified atom stereocenters. The molecule has 0 radical (unpaired) electrons. The van der Waals surface area contributed by atoms with Crippen LogP contribution in [0.15, 0.2) is 30.3 Å². The number of aromatic nitrogens is 2. The average molecular weight is 357 g/mol. The Hall–Kier alpha value is -3.29. The Bertz CT molecular complexity index is 910. The Labute approximate surface area is 149 Å². The molecule has 0 saturated carbocycles. The van der Waals surface area contributed by atoms with E-state index in [4.69, 9.17) is 14.2 Å². The molecule has 0 atom stereocenters. The van der Waals surface area contributed by atoms with Crippen LogP contribution in [0, 0.1) is 10.1 Å². The summed E-state index contributed by atoms with van der Waals surface area (Å²) in [6, 6.07) is 8.32. The molecule has 0 amide bonds. The summed E-state index contributed by atoms with van der Waals surface area (Å²) in [6.45, 7) is 2.36. The summed E-state index contributed by atoms with van der Waals surface area (Å²) in [5.41, 5.74) is 1.92. The van der Waals surface area contributed by atoms with E-state index in [-0.39, 0.29) is 11.4 Å². The van der Waals surface area contributed by atoms with E-state index in [2.05, 4.69) is 9.97 Å². The molecule has 1 heterocycles. The van der Waals surface area contributed by atoms with E-state index in [1.165, 1.54) is 6.07 Å². The normalized spacial score (nSPS) is 10.7. The fourth-order valence-corrected chi connectivity index (χ4v) is 2.61. The van der Waals surface area contributed by atoms with Crippen molar-refractivity contribution in [2.45, 2.75) is 13.3 Å². The number of nitrogens with zero attached hydrogens (tertiary/aromatic N) is 2. The maximum Gasteiger partial charge on any atom is 0.311 e. The van der Waals surface area contributed by atoms with Crippen LogP contribution in [-0.4, -0.2) is 35.7 Å². The summed E-state index contributed by atoms with van der Waals surface area (Å²) in [4.78, 5) is 18.6. The van der Waals surface area contributed by atoms with Gasteiger partial charge in [-0.1, -0.05) is 6.92 Å². The number of benzene rings is 2. The highest BCUT2D eigenvalue weighted by atomic mass is 16.6. The molecule has 0 bridgehead atoms. The lowest BCUT2D eigenvalue weighted by Crippen LogP contribution is -1.99. The Morgan fingerprint density at radius 1 is 1.12 bits per heavy atom. The van der Waals surface area contributed by atoms with Crippen molar-refractivity contribution in [2.75, 3.05) is 20.8 Å². The number of hydrogen-bond donors (Lipinski definition) is 1. The second-order valence-electron chi connectivity index (χ2n) is 5.60. The fourth-order valence-electron chi connectivity index (χ4n) is 2.61. The van der Waals surface area contributed by atoms with Crippen molar-refractivity contribution in [3.63, 3.8) is 0 Å². The monoisotopic (exact) mass is 357 g/mol. The molecule has 0 fully saturated rings. The Balaban J connectivity index is 2.05. The number of fused-ring (bicyclic) bond motifs is 1. The molecule has 0 aliphatic carbocycles. The third-order valence-electron chi connectivity index (χ3n) is 3.88. The maximum absolute atomic E-state index is 11.4. The van der Waals surface area contributed by atoms with Gasteiger partial charge >= 0.3 is 5.69 Å². The zero-order chi connectivity index (χ0) is 18.7. The molecule has 136 valence electrons. The van der Waals surface area contributed by atoms with Crippen LogP contribution in [-0.2, 0) is 0 Å². The standard InChI is InChI=1S/C18H19N3O5/c1-4-7-26-15-6-5-11(8-14(15)21(22)23)18-19-12-9-16(24-2)17(25-3)10-13(12)20-18/h5-6,8-10H,4,7H2,1-3H3,(H,19,20). The first-order valence-electron chi connectivity index (χ1n) is 8.10. The molecule has 26 heavy (non-hydrogen) atoms. The molecule has 0 aliphatic heterocycles. The van der Waals surface area contributed by atoms with Gasteiger partial charge < -0.3 is 19.2 Å². The Morgan fingerprint density at radius 3 is 2.50 bits per heavy atom. The van der Waals surface area contributed by atoms with Gasteiger partial charge in [0.1, 0.15) is 5.82 Å². The zero-order valence-electron chi connectivity index (χ0n) is 14.7. The van der Waals surface area contributed by atoms with Gasteiger partial charge in [-0.05, 0) is 18.6 Å². The molecule has 3 aromatic rings. The maximum atomic E-state index is 11.4. The van der Waals surface area contributed by atoms with Crippen molar-refractivity contribution in [1.29, 1.82) is 0 Å². The summed E-state index contributed by atoms with van der Waals surface area (Å²) in [6.07, 6.45) is 0.770. The minimum atomic E-state index is -0.455. The number of nitro groups is 1. The van der Waals surface area contributed by atoms with E-state index in [0.717, 1.165) is 11.9 Å². The van der Waals surface area contributed by atoms with Crippen molar-refractivity contribution in [2.24, 2.45) is 0 Å². The van der Waals surface area contributed by atoms with Gasteiger partial charge in [-0.2, -0.15) is 0 Å². The van der Waals surface area contributed by atoms with Gasteiger partial charge in [0.25, 0.3) is 0 Å². The molecule has 0 saturated heterocycles. The van der Waals surface area contributed by atoms with Crippen LogP contribution in [0.2, 0.25) is 0 Å². The lowest BCUT2D eigenvalue weighted by molar-refractivity contribution is -0.385. The first-order chi connectivity index (χ1) is 12.6. The smallest absolute Gasteiger partial charge is 0.311 e. The van der Waals surface area contributed by atoms with Crippen molar-refractivity contribution in [3.05, 3.63) is 40.4 Å². The van der Waals surface area contributed by atoms with Crippen LogP contribution in [0.3, 0.4) is 0 Å². The first kappa shape index (κ1) is 17.5. The molecule has 0 aliphatic rings. The molecule has 0 spiro atoms. The van der Waals surface area contributed by atoms with Crippen molar-refractivity contribution in [3.8, 4) is 28.6 Å². The summed E-state index contributed by atoms with van der Waals surface area (Å²) in [7, 11) is 3.11. The summed E-state index contributed by atoms with van der Waals surface area (Å²) in [5, 5.41) is 11.4. The molecular formula is C18H19N3O5. The van der Waals surface area contributed by atoms with Gasteiger partial charge in [-0.25, -0.2) is 4.98 Å². The summed E-state index contributed by atoms with van der Waals surface area (Å²) < 4.78 is 16.0. The fraction of sp³-hybridized carbons (Fsp3) is 0.278. The predicted octanol–water partition coefficient (Wildman–Crippen LogP) is 3.94. The van der Waals surface area contributed by atoms with Gasteiger partial charge in [0.05, 0.1) is 36.8 Å². The number of ether oxygens (including phenoxy) is 3. The van der Waals surface area contributed by atoms with E-state index < -0.39 is 4.92 Å². The van der Waals surface area contributed by atoms with Gasteiger partial charge in [-0.15, -0.1) is 0 Å². The second-order valence-corrected chi connectivity index (χ2v) is 5.60. The van der Waals surface area contributed by atoms with Crippen molar-refractivity contribution >= 4 is 16.7 Å². The first-order valence-corrected chi connectivity index (χ1v) is 8.10. The van der Waals surface area contributed by atoms with Crippen LogP contribution in [0.1, 0.15) is 13.3 Å². The third-order valence-corrected chi connectivity index (χ3v) is 3.88. The van der Waals surface area contributed by atoms with Crippen LogP contribution in [0.25, 0.3) is 22.4 Å². The van der Waals surface area contributed by atoms with Crippen LogP contribution in [0.4, 0.5) is 5.69 Å². The van der Waals surface area contributed by atoms with E-state index in [0.29, 0.717) is 35.0 Å². The third kappa shape index (κ3) is 3.26. The van der Waals surface area contributed by atoms with Crippen LogP contribution < -0.4 is 14.2 Å². The number of nitrogens with one attached hydrogen (secondary N) is 1. The molecule has 3 rings (SSSR count). The lowest BCUT2D eigenvalue weighted by Gasteiger charge is -2.06. The van der Waals surface area contributed by atoms with Crippen molar-refractivity contribution < 1.29 is 19.1 Å². The molecular weight excluding hydrogens is 338 g/mol. The van der Waals surface area contributed by atoms with Gasteiger partial charge in [0.15, 0.2) is 17.2 Å². The average Bonchev–Trinajstić information content (AvgIpc) is 3.07. The SMILES string of the molecule is CCCOc1ccc(-c2nc3cc(OC)c(OC)cc3[nH]2)cc1[N+](=O)[O-]. The second kappa shape index (κ2) is 7.30. The Morgan fingerprint density at radius 2 is 1.85 bits per heavy atom. The highest BCUT2D eigenvalue weighted by Gasteiger charge is 2.18. The van der Waals surface area contributed by atoms with Crippen LogP contribution in [0.5, 0.6) is 17.2 Å². The quantitative estimate of drug-likeness (QED) is 0.508. The molecule has 8 heteroatoms. The molecule has 1 N–H and O–H groups in total. The molecule has 8 nitrogen and oxygen atoms in total. The van der Waals surface area contributed by atoms with Gasteiger partial charge in [-0.3, -0.25) is 10.1 Å². The number of imidazole rings is 1. The highest BCUT2D eigenvalue weighted by molar-refractivity contribution is 5.83. The zero-order valence-corrected chi connectivity index (χ0v) is 14.7. The topological polar surface area (TPSA) is 99.5 Å². The van der Waals surface area contributed by atoms with Crippen LogP contribution >= 0.6 is 0 Å². The van der Waals surface area contributed by atoms with E-state index >= 15 is 0 Å². The number of rotatable bonds is 7. The number of nitro benzene ring substituents is 1. The lowest BCUT2D eigenvalue weighted by atomic mass is 10.2. The number of methoxy groups -OCH3 is 2. The Kier molecular flexibility index (Phi) is 4.92. The van der Waals surface area contributed by atoms with Crippen molar-refractivity contribution in [1.82, 2.24) is 9.97 Å². The predicted molar refractivity (Wildman–Crippen MR) is 97.1 cm³/mol. The summed E-state index contributed by atoms with van der Waals surface area (Å²) >= 11 is 0. The van der Waals surface area contributed by atoms with E-state index in [9.17, 15) is 10.1 Å². The van der Waals surface area contributed by atoms with Gasteiger partial charge in [0, 0.05) is 23.8 Å². The largest absolute Gasteiger partial charge is 0.493 e. The van der Waals surface area contributed by atoms with E-state index in [1.54, 1.807) is 38.5 Å². The minimum absolute atomic E-state index is 0.0911. The highest BCUT2D eigenvalue weighted by Crippen LogP contribution is 2.35. The molecule has 1 aromatic heterocycles. The number of hydrogen-bond acceptors (Lipinski definition) is 6. The number of aromatic amines is 1. The number of H-pyrrole nitrogens is 1.